The Balaban J connectivity index is 1.71. The molecule has 138 valence electrons. The number of fused-ring (bicyclic) bond motifs is 1. The number of rotatable bonds is 6. The van der Waals surface area contributed by atoms with Gasteiger partial charge >= 0.3 is 0 Å². The number of nitrogens with zero attached hydrogens (tertiary/aromatic N) is 3. The van der Waals surface area contributed by atoms with Crippen LogP contribution in [0, 0.1) is 20.8 Å². The topological polar surface area (TPSA) is 51.9 Å². The Bertz CT molecular complexity index is 935. The maximum Gasteiger partial charge on any atom is 0.244 e. The van der Waals surface area contributed by atoms with E-state index >= 15 is 0 Å². The Kier molecular flexibility index (Phi) is 5.16. The van der Waals surface area contributed by atoms with Crippen molar-refractivity contribution in [3.63, 3.8) is 0 Å². The molecule has 0 aliphatic carbocycles. The summed E-state index contributed by atoms with van der Waals surface area (Å²) in [6.45, 7) is 8.74. The van der Waals surface area contributed by atoms with E-state index in [0.29, 0.717) is 6.54 Å². The maximum atomic E-state index is 12.7. The summed E-state index contributed by atoms with van der Waals surface area (Å²) in [6, 6.07) is 10.2. The van der Waals surface area contributed by atoms with Crippen LogP contribution in [0.1, 0.15) is 42.0 Å². The minimum absolute atomic E-state index is 0.0385. The summed E-state index contributed by atoms with van der Waals surface area (Å²) >= 11 is 0. The number of amides is 1. The van der Waals surface area contributed by atoms with Crippen molar-refractivity contribution in [2.75, 3.05) is 6.54 Å². The smallest absolute Gasteiger partial charge is 0.244 e. The Morgan fingerprint density at radius 2 is 1.96 bits per heavy atom. The van der Waals surface area contributed by atoms with Crippen molar-refractivity contribution < 1.29 is 4.79 Å². The summed E-state index contributed by atoms with van der Waals surface area (Å²) in [7, 11) is 2.09. The molecule has 0 radical (unpaired) electrons. The van der Waals surface area contributed by atoms with E-state index in [1.54, 1.807) is 0 Å². The van der Waals surface area contributed by atoms with E-state index in [1.807, 2.05) is 31.5 Å². The first kappa shape index (κ1) is 18.2. The van der Waals surface area contributed by atoms with Crippen LogP contribution in [0.15, 0.2) is 30.3 Å². The first-order valence-electron chi connectivity index (χ1n) is 9.27. The molecule has 5 heteroatoms. The van der Waals surface area contributed by atoms with Crippen molar-refractivity contribution in [3.05, 3.63) is 53.0 Å². The summed E-state index contributed by atoms with van der Waals surface area (Å²) in [5, 5.41) is 8.86. The summed E-state index contributed by atoms with van der Waals surface area (Å²) in [5.41, 5.74) is 5.77. The molecule has 0 unspecified atom stereocenters. The summed E-state index contributed by atoms with van der Waals surface area (Å²) in [5.74, 6) is 0.0385. The third kappa shape index (κ3) is 3.26. The first-order valence-corrected chi connectivity index (χ1v) is 9.27. The summed E-state index contributed by atoms with van der Waals surface area (Å²) in [6.07, 6.45) is 1.55. The highest BCUT2D eigenvalue weighted by molar-refractivity contribution is 5.85. The van der Waals surface area contributed by atoms with Gasteiger partial charge in [-0.25, -0.2) is 0 Å². The number of benzene rings is 1. The zero-order valence-corrected chi connectivity index (χ0v) is 16.3. The van der Waals surface area contributed by atoms with Gasteiger partial charge in [0, 0.05) is 35.9 Å². The van der Waals surface area contributed by atoms with E-state index in [0.717, 1.165) is 24.2 Å². The molecule has 1 amide bonds. The van der Waals surface area contributed by atoms with E-state index in [-0.39, 0.29) is 11.9 Å². The number of hydrogen-bond acceptors (Lipinski definition) is 2. The van der Waals surface area contributed by atoms with Gasteiger partial charge in [0.25, 0.3) is 0 Å². The van der Waals surface area contributed by atoms with Crippen LogP contribution in [0.4, 0.5) is 0 Å². The van der Waals surface area contributed by atoms with Crippen LogP contribution >= 0.6 is 0 Å². The van der Waals surface area contributed by atoms with Crippen molar-refractivity contribution in [1.82, 2.24) is 19.7 Å². The zero-order chi connectivity index (χ0) is 18.8. The first-order chi connectivity index (χ1) is 12.4. The van der Waals surface area contributed by atoms with E-state index in [9.17, 15) is 4.79 Å². The summed E-state index contributed by atoms with van der Waals surface area (Å²) < 4.78 is 4.06. The Hall–Kier alpha value is -2.56. The van der Waals surface area contributed by atoms with Gasteiger partial charge in [0.2, 0.25) is 5.91 Å². The molecule has 1 atom stereocenters. The molecular formula is C21H28N4O. The van der Waals surface area contributed by atoms with Gasteiger partial charge in [-0.3, -0.25) is 9.48 Å². The summed E-state index contributed by atoms with van der Waals surface area (Å²) in [4.78, 5) is 12.7. The van der Waals surface area contributed by atoms with Crippen molar-refractivity contribution >= 4 is 16.8 Å². The van der Waals surface area contributed by atoms with Crippen LogP contribution in [0.2, 0.25) is 0 Å². The van der Waals surface area contributed by atoms with Crippen LogP contribution in [-0.4, -0.2) is 26.8 Å². The third-order valence-corrected chi connectivity index (χ3v) is 5.23. The van der Waals surface area contributed by atoms with Gasteiger partial charge in [0.15, 0.2) is 0 Å². The zero-order valence-electron chi connectivity index (χ0n) is 16.3. The lowest BCUT2D eigenvalue weighted by Crippen LogP contribution is -2.34. The molecule has 0 fully saturated rings. The number of carbonyl (C=O) groups excluding carboxylic acids is 1. The van der Waals surface area contributed by atoms with Crippen LogP contribution in [-0.2, 0) is 18.3 Å². The van der Waals surface area contributed by atoms with Gasteiger partial charge in [0.1, 0.15) is 6.04 Å². The van der Waals surface area contributed by atoms with Crippen LogP contribution < -0.4 is 5.32 Å². The van der Waals surface area contributed by atoms with E-state index in [4.69, 9.17) is 0 Å². The van der Waals surface area contributed by atoms with Crippen molar-refractivity contribution in [3.8, 4) is 0 Å². The van der Waals surface area contributed by atoms with Crippen LogP contribution in [0.3, 0.4) is 0 Å². The molecule has 0 aliphatic heterocycles. The number of aryl methyl sites for hydroxylation is 3. The monoisotopic (exact) mass is 352 g/mol. The molecule has 5 nitrogen and oxygen atoms in total. The quantitative estimate of drug-likeness (QED) is 0.737. The normalized spacial score (nSPS) is 12.5. The Labute approximate surface area is 155 Å². The second kappa shape index (κ2) is 7.36. The molecule has 2 heterocycles. The molecule has 0 spiro atoms. The highest BCUT2D eigenvalue weighted by atomic mass is 16.2. The van der Waals surface area contributed by atoms with E-state index in [2.05, 4.69) is 53.2 Å². The van der Waals surface area contributed by atoms with Crippen molar-refractivity contribution in [2.45, 2.75) is 46.6 Å². The minimum atomic E-state index is -0.252. The average molecular weight is 352 g/mol. The number of carbonyl (C=O) groups is 1. The average Bonchev–Trinajstić information content (AvgIpc) is 3.07. The number of aromatic nitrogens is 3. The van der Waals surface area contributed by atoms with Gasteiger partial charge in [-0.05, 0) is 51.3 Å². The third-order valence-electron chi connectivity index (χ3n) is 5.23. The number of hydrogen-bond donors (Lipinski definition) is 1. The molecule has 0 saturated heterocycles. The SMILES string of the molecule is CC[C@H](C(=O)NCCc1c(C)n(C)c2ccccc12)n1nc(C)cc1C. The van der Waals surface area contributed by atoms with Crippen molar-refractivity contribution in [1.29, 1.82) is 0 Å². The molecule has 3 rings (SSSR count). The number of para-hydroxylation sites is 1. The molecular weight excluding hydrogens is 324 g/mol. The molecule has 2 aromatic heterocycles. The lowest BCUT2D eigenvalue weighted by molar-refractivity contribution is -0.124. The second-order valence-corrected chi connectivity index (χ2v) is 6.98. The fourth-order valence-corrected chi connectivity index (χ4v) is 3.77. The highest BCUT2D eigenvalue weighted by Crippen LogP contribution is 2.25. The van der Waals surface area contributed by atoms with Crippen LogP contribution in [0.25, 0.3) is 10.9 Å². The standard InChI is InChI=1S/C21H28N4O/c1-6-19(25-15(3)13-14(2)23-25)21(26)22-12-11-17-16(4)24(5)20-10-8-7-9-18(17)20/h7-10,13,19H,6,11-12H2,1-5H3,(H,22,26)/t19-/m1/s1. The second-order valence-electron chi connectivity index (χ2n) is 6.98. The minimum Gasteiger partial charge on any atom is -0.354 e. The molecule has 26 heavy (non-hydrogen) atoms. The van der Waals surface area contributed by atoms with Gasteiger partial charge in [-0.1, -0.05) is 25.1 Å². The molecule has 0 saturated carbocycles. The molecule has 3 aromatic rings. The van der Waals surface area contributed by atoms with Crippen molar-refractivity contribution in [2.24, 2.45) is 7.05 Å². The fourth-order valence-electron chi connectivity index (χ4n) is 3.77. The lowest BCUT2D eigenvalue weighted by atomic mass is 10.1. The van der Waals surface area contributed by atoms with Gasteiger partial charge < -0.3 is 9.88 Å². The molecule has 1 aromatic carbocycles. The fraction of sp³-hybridized carbons (Fsp3) is 0.429. The van der Waals surface area contributed by atoms with E-state index in [1.165, 1.54) is 22.2 Å². The highest BCUT2D eigenvalue weighted by Gasteiger charge is 2.21. The number of nitrogens with one attached hydrogen (secondary N) is 1. The Morgan fingerprint density at radius 3 is 2.62 bits per heavy atom. The lowest BCUT2D eigenvalue weighted by Gasteiger charge is -2.17. The predicted octanol–water partition coefficient (Wildman–Crippen LogP) is 3.61. The van der Waals surface area contributed by atoms with Crippen LogP contribution in [0.5, 0.6) is 0 Å². The predicted molar refractivity (Wildman–Crippen MR) is 105 cm³/mol. The van der Waals surface area contributed by atoms with E-state index < -0.39 is 0 Å². The van der Waals surface area contributed by atoms with Gasteiger partial charge in [-0.15, -0.1) is 0 Å². The largest absolute Gasteiger partial charge is 0.354 e. The van der Waals surface area contributed by atoms with Gasteiger partial charge in [0.05, 0.1) is 5.69 Å². The molecule has 0 bridgehead atoms. The molecule has 1 N–H and O–H groups in total. The molecule has 0 aliphatic rings. The maximum absolute atomic E-state index is 12.7. The van der Waals surface area contributed by atoms with Gasteiger partial charge in [-0.2, -0.15) is 5.10 Å². The Morgan fingerprint density at radius 1 is 1.23 bits per heavy atom.